The molecule has 126 valence electrons. The van der Waals surface area contributed by atoms with Gasteiger partial charge in [0.05, 0.1) is 12.7 Å². The Morgan fingerprint density at radius 3 is 2.74 bits per heavy atom. The van der Waals surface area contributed by atoms with Crippen LogP contribution in [0.25, 0.3) is 0 Å². The van der Waals surface area contributed by atoms with Gasteiger partial charge in [-0.25, -0.2) is 4.79 Å². The third-order valence-electron chi connectivity index (χ3n) is 4.96. The fraction of sp³-hybridized carbons (Fsp3) is 0.632. The zero-order valence-electron chi connectivity index (χ0n) is 13.9. The second kappa shape index (κ2) is 8.34. The number of nitrogens with zero attached hydrogens (tertiary/aromatic N) is 1. The van der Waals surface area contributed by atoms with Crippen molar-refractivity contribution in [1.82, 2.24) is 10.2 Å². The molecule has 2 aliphatic rings. The molecule has 23 heavy (non-hydrogen) atoms. The van der Waals surface area contributed by atoms with Crippen LogP contribution in [0.2, 0.25) is 0 Å². The number of hydrogen-bond donors (Lipinski definition) is 1. The van der Waals surface area contributed by atoms with Crippen LogP contribution in [0.3, 0.4) is 0 Å². The SMILES string of the molecule is O=C(NC1CCCCC1)N1CCOC(CCc2ccccc2)C1. The lowest BCUT2D eigenvalue weighted by Gasteiger charge is -2.34. The Morgan fingerprint density at radius 2 is 1.96 bits per heavy atom. The summed E-state index contributed by atoms with van der Waals surface area (Å²) in [5, 5.41) is 3.21. The van der Waals surface area contributed by atoms with Gasteiger partial charge in [0, 0.05) is 19.1 Å². The number of ether oxygens (including phenoxy) is 1. The molecular formula is C19H28N2O2. The summed E-state index contributed by atoms with van der Waals surface area (Å²) in [6, 6.07) is 11.0. The number of carbonyl (C=O) groups excluding carboxylic acids is 1. The first-order chi connectivity index (χ1) is 11.3. The van der Waals surface area contributed by atoms with E-state index in [9.17, 15) is 4.79 Å². The smallest absolute Gasteiger partial charge is 0.317 e. The average Bonchev–Trinajstić information content (AvgIpc) is 2.62. The molecule has 1 unspecified atom stereocenters. The van der Waals surface area contributed by atoms with Gasteiger partial charge in [-0.15, -0.1) is 0 Å². The summed E-state index contributed by atoms with van der Waals surface area (Å²) in [5.74, 6) is 0. The van der Waals surface area contributed by atoms with Gasteiger partial charge in [0.2, 0.25) is 0 Å². The molecule has 0 bridgehead atoms. The molecule has 0 spiro atoms. The van der Waals surface area contributed by atoms with E-state index < -0.39 is 0 Å². The Balaban J connectivity index is 1.44. The van der Waals surface area contributed by atoms with Crippen LogP contribution in [0.4, 0.5) is 4.79 Å². The van der Waals surface area contributed by atoms with Gasteiger partial charge in [-0.3, -0.25) is 0 Å². The van der Waals surface area contributed by atoms with Crippen molar-refractivity contribution in [3.63, 3.8) is 0 Å². The van der Waals surface area contributed by atoms with Crippen molar-refractivity contribution < 1.29 is 9.53 Å². The predicted octanol–water partition coefficient (Wildman–Crippen LogP) is 3.36. The van der Waals surface area contributed by atoms with Crippen LogP contribution in [-0.2, 0) is 11.2 Å². The van der Waals surface area contributed by atoms with Gasteiger partial charge in [0.15, 0.2) is 0 Å². The minimum atomic E-state index is 0.102. The van der Waals surface area contributed by atoms with Crippen molar-refractivity contribution in [3.8, 4) is 0 Å². The summed E-state index contributed by atoms with van der Waals surface area (Å²) < 4.78 is 5.85. The summed E-state index contributed by atoms with van der Waals surface area (Å²) in [5.41, 5.74) is 1.33. The standard InChI is InChI=1S/C19H28N2O2/c22-19(20-17-9-5-2-6-10-17)21-13-14-23-18(15-21)12-11-16-7-3-1-4-8-16/h1,3-4,7-8,17-18H,2,5-6,9-15H2,(H,20,22). The minimum absolute atomic E-state index is 0.102. The highest BCUT2D eigenvalue weighted by atomic mass is 16.5. The molecule has 1 aromatic carbocycles. The van der Waals surface area contributed by atoms with Crippen LogP contribution >= 0.6 is 0 Å². The highest BCUT2D eigenvalue weighted by molar-refractivity contribution is 5.74. The van der Waals surface area contributed by atoms with Gasteiger partial charge in [-0.2, -0.15) is 0 Å². The molecule has 1 heterocycles. The van der Waals surface area contributed by atoms with Gasteiger partial charge >= 0.3 is 6.03 Å². The van der Waals surface area contributed by atoms with E-state index in [2.05, 4.69) is 29.6 Å². The van der Waals surface area contributed by atoms with Crippen molar-refractivity contribution in [2.45, 2.75) is 57.1 Å². The van der Waals surface area contributed by atoms with Crippen molar-refractivity contribution >= 4 is 6.03 Å². The number of hydrogen-bond acceptors (Lipinski definition) is 2. The normalized spacial score (nSPS) is 22.8. The molecule has 4 nitrogen and oxygen atoms in total. The van der Waals surface area contributed by atoms with E-state index in [1.807, 2.05) is 11.0 Å². The topological polar surface area (TPSA) is 41.6 Å². The van der Waals surface area contributed by atoms with Gasteiger partial charge in [0.1, 0.15) is 0 Å². The number of nitrogens with one attached hydrogen (secondary N) is 1. The lowest BCUT2D eigenvalue weighted by atomic mass is 9.96. The predicted molar refractivity (Wildman–Crippen MR) is 91.5 cm³/mol. The molecule has 0 aromatic heterocycles. The van der Waals surface area contributed by atoms with Gasteiger partial charge in [-0.05, 0) is 31.2 Å². The van der Waals surface area contributed by atoms with E-state index in [1.165, 1.54) is 24.8 Å². The van der Waals surface area contributed by atoms with Gasteiger partial charge in [-0.1, -0.05) is 49.6 Å². The van der Waals surface area contributed by atoms with Gasteiger partial charge < -0.3 is 15.0 Å². The maximum atomic E-state index is 12.4. The lowest BCUT2D eigenvalue weighted by Crippen LogP contribution is -2.52. The number of rotatable bonds is 4. The van der Waals surface area contributed by atoms with E-state index in [0.717, 1.165) is 25.7 Å². The number of carbonyl (C=O) groups is 1. The molecule has 1 aliphatic carbocycles. The monoisotopic (exact) mass is 316 g/mol. The van der Waals surface area contributed by atoms with E-state index in [4.69, 9.17) is 4.74 Å². The molecule has 1 N–H and O–H groups in total. The Labute approximate surface area is 139 Å². The van der Waals surface area contributed by atoms with Crippen molar-refractivity contribution in [2.24, 2.45) is 0 Å². The second-order valence-corrected chi connectivity index (χ2v) is 6.75. The fourth-order valence-corrected chi connectivity index (χ4v) is 3.56. The molecule has 4 heteroatoms. The largest absolute Gasteiger partial charge is 0.375 e. The molecule has 0 radical (unpaired) electrons. The zero-order valence-corrected chi connectivity index (χ0v) is 13.9. The first-order valence-corrected chi connectivity index (χ1v) is 9.02. The quantitative estimate of drug-likeness (QED) is 0.925. The summed E-state index contributed by atoms with van der Waals surface area (Å²) in [6.45, 7) is 2.07. The first-order valence-electron chi connectivity index (χ1n) is 9.02. The van der Waals surface area contributed by atoms with Crippen LogP contribution in [0.15, 0.2) is 30.3 Å². The molecule has 1 aromatic rings. The summed E-state index contributed by atoms with van der Waals surface area (Å²) in [7, 11) is 0. The molecule has 2 fully saturated rings. The molecule has 1 atom stereocenters. The third-order valence-corrected chi connectivity index (χ3v) is 4.96. The minimum Gasteiger partial charge on any atom is -0.375 e. The Bertz CT molecular complexity index is 485. The van der Waals surface area contributed by atoms with E-state index in [-0.39, 0.29) is 12.1 Å². The number of morpholine rings is 1. The van der Waals surface area contributed by atoms with Crippen LogP contribution in [0.1, 0.15) is 44.1 Å². The highest BCUT2D eigenvalue weighted by Crippen LogP contribution is 2.18. The van der Waals surface area contributed by atoms with Crippen molar-refractivity contribution in [3.05, 3.63) is 35.9 Å². The van der Waals surface area contributed by atoms with Crippen LogP contribution in [-0.4, -0.2) is 42.8 Å². The molecule has 1 saturated carbocycles. The highest BCUT2D eigenvalue weighted by Gasteiger charge is 2.26. The third kappa shape index (κ3) is 4.96. The van der Waals surface area contributed by atoms with Crippen molar-refractivity contribution in [2.75, 3.05) is 19.7 Å². The maximum Gasteiger partial charge on any atom is 0.317 e. The summed E-state index contributed by atoms with van der Waals surface area (Å²) in [4.78, 5) is 14.4. The Morgan fingerprint density at radius 1 is 1.17 bits per heavy atom. The summed E-state index contributed by atoms with van der Waals surface area (Å²) >= 11 is 0. The van der Waals surface area contributed by atoms with Crippen LogP contribution in [0, 0.1) is 0 Å². The lowest BCUT2D eigenvalue weighted by molar-refractivity contribution is -0.0180. The second-order valence-electron chi connectivity index (χ2n) is 6.75. The van der Waals surface area contributed by atoms with Crippen LogP contribution in [0.5, 0.6) is 0 Å². The van der Waals surface area contributed by atoms with E-state index in [1.54, 1.807) is 0 Å². The van der Waals surface area contributed by atoms with Crippen molar-refractivity contribution in [1.29, 1.82) is 0 Å². The van der Waals surface area contributed by atoms with E-state index >= 15 is 0 Å². The number of benzene rings is 1. The van der Waals surface area contributed by atoms with Crippen LogP contribution < -0.4 is 5.32 Å². The average molecular weight is 316 g/mol. The molecule has 1 aliphatic heterocycles. The summed E-state index contributed by atoms with van der Waals surface area (Å²) in [6.07, 6.45) is 8.19. The molecule has 1 saturated heterocycles. The molecular weight excluding hydrogens is 288 g/mol. The van der Waals surface area contributed by atoms with E-state index in [0.29, 0.717) is 25.7 Å². The number of urea groups is 1. The number of aryl methyl sites for hydroxylation is 1. The Kier molecular flexibility index (Phi) is 5.92. The van der Waals surface area contributed by atoms with Gasteiger partial charge in [0.25, 0.3) is 0 Å². The molecule has 2 amide bonds. The fourth-order valence-electron chi connectivity index (χ4n) is 3.56. The zero-order chi connectivity index (χ0) is 15.9. The first kappa shape index (κ1) is 16.3. The number of amides is 2. The molecule has 3 rings (SSSR count). The Hall–Kier alpha value is -1.55. The maximum absolute atomic E-state index is 12.4.